The van der Waals surface area contributed by atoms with E-state index in [1.54, 1.807) is 19.2 Å². The van der Waals surface area contributed by atoms with Gasteiger partial charge in [-0.05, 0) is 6.07 Å². The van der Waals surface area contributed by atoms with Crippen molar-refractivity contribution in [1.29, 1.82) is 0 Å². The van der Waals surface area contributed by atoms with Crippen LogP contribution in [0.1, 0.15) is 18.4 Å². The largest absolute Gasteiger partial charge is 0.496 e. The van der Waals surface area contributed by atoms with Crippen LogP contribution in [0.3, 0.4) is 0 Å². The number of carbonyl (C=O) groups excluding carboxylic acids is 1. The van der Waals surface area contributed by atoms with E-state index >= 15 is 0 Å². The van der Waals surface area contributed by atoms with Gasteiger partial charge in [0.25, 0.3) is 0 Å². The van der Waals surface area contributed by atoms with E-state index in [4.69, 9.17) is 14.2 Å². The Morgan fingerprint density at radius 1 is 1.40 bits per heavy atom. The first-order chi connectivity index (χ1) is 7.26. The number of fused-ring (bicyclic) bond motifs is 1. The molecule has 0 spiro atoms. The normalized spacial score (nSPS) is 14.8. The average molecular weight is 208 g/mol. The zero-order chi connectivity index (χ0) is 10.8. The van der Waals surface area contributed by atoms with Gasteiger partial charge in [-0.25, -0.2) is 0 Å². The van der Waals surface area contributed by atoms with Crippen LogP contribution in [0, 0.1) is 0 Å². The van der Waals surface area contributed by atoms with E-state index in [1.807, 2.05) is 6.92 Å². The molecule has 2 rings (SSSR count). The van der Waals surface area contributed by atoms with Crippen LogP contribution in [-0.2, 0) is 4.79 Å². The summed E-state index contributed by atoms with van der Waals surface area (Å²) < 4.78 is 15.7. The summed E-state index contributed by atoms with van der Waals surface area (Å²) in [5, 5.41) is 0. The first kappa shape index (κ1) is 9.83. The number of benzene rings is 1. The van der Waals surface area contributed by atoms with Gasteiger partial charge in [0.05, 0.1) is 7.11 Å². The van der Waals surface area contributed by atoms with Gasteiger partial charge in [0, 0.05) is 17.5 Å². The van der Waals surface area contributed by atoms with E-state index in [-0.39, 0.29) is 12.7 Å². The fourth-order valence-electron chi connectivity index (χ4n) is 1.54. The molecule has 1 unspecified atom stereocenters. The highest BCUT2D eigenvalue weighted by Gasteiger charge is 2.20. The summed E-state index contributed by atoms with van der Waals surface area (Å²) in [6, 6.07) is 3.54. The molecule has 0 amide bonds. The van der Waals surface area contributed by atoms with Gasteiger partial charge in [-0.2, -0.15) is 0 Å². The maximum atomic E-state index is 10.7. The summed E-state index contributed by atoms with van der Waals surface area (Å²) in [5.41, 5.74) is 0.816. The summed E-state index contributed by atoms with van der Waals surface area (Å²) in [6.07, 6.45) is 0.875. The Morgan fingerprint density at radius 2 is 2.07 bits per heavy atom. The molecule has 4 nitrogen and oxygen atoms in total. The topological polar surface area (TPSA) is 44.8 Å². The second-order valence-corrected chi connectivity index (χ2v) is 3.37. The van der Waals surface area contributed by atoms with Gasteiger partial charge < -0.3 is 19.0 Å². The van der Waals surface area contributed by atoms with Gasteiger partial charge in [0.15, 0.2) is 11.5 Å². The van der Waals surface area contributed by atoms with Gasteiger partial charge in [-0.3, -0.25) is 0 Å². The summed E-state index contributed by atoms with van der Waals surface area (Å²) in [4.78, 5) is 10.7. The molecule has 1 aromatic rings. The van der Waals surface area contributed by atoms with Crippen LogP contribution >= 0.6 is 0 Å². The van der Waals surface area contributed by atoms with Crippen molar-refractivity contribution in [2.75, 3.05) is 13.9 Å². The van der Waals surface area contributed by atoms with E-state index in [0.717, 1.165) is 11.8 Å². The van der Waals surface area contributed by atoms with E-state index in [9.17, 15) is 4.79 Å². The lowest BCUT2D eigenvalue weighted by atomic mass is 10.0. The third kappa shape index (κ3) is 1.63. The minimum atomic E-state index is -0.213. The predicted octanol–water partition coefficient (Wildman–Crippen LogP) is 1.73. The number of carbonyl (C=O) groups is 1. The first-order valence-corrected chi connectivity index (χ1v) is 4.69. The van der Waals surface area contributed by atoms with E-state index in [2.05, 4.69) is 0 Å². The smallest absolute Gasteiger partial charge is 0.231 e. The summed E-state index contributed by atoms with van der Waals surface area (Å²) >= 11 is 0. The molecule has 15 heavy (non-hydrogen) atoms. The van der Waals surface area contributed by atoms with Crippen LogP contribution in [-0.4, -0.2) is 20.2 Å². The zero-order valence-corrected chi connectivity index (χ0v) is 8.65. The van der Waals surface area contributed by atoms with E-state index < -0.39 is 0 Å². The quantitative estimate of drug-likeness (QED) is 0.709. The third-order valence-electron chi connectivity index (χ3n) is 2.42. The Kier molecular flexibility index (Phi) is 2.49. The molecule has 0 radical (unpaired) electrons. The van der Waals surface area contributed by atoms with Gasteiger partial charge >= 0.3 is 0 Å². The van der Waals surface area contributed by atoms with E-state index in [0.29, 0.717) is 17.2 Å². The zero-order valence-electron chi connectivity index (χ0n) is 8.65. The molecule has 0 aromatic heterocycles. The Morgan fingerprint density at radius 3 is 2.67 bits per heavy atom. The van der Waals surface area contributed by atoms with Crippen molar-refractivity contribution in [3.05, 3.63) is 17.7 Å². The van der Waals surface area contributed by atoms with Gasteiger partial charge in [0.1, 0.15) is 12.0 Å². The molecule has 4 heteroatoms. The monoisotopic (exact) mass is 208 g/mol. The molecule has 0 bridgehead atoms. The molecule has 1 heterocycles. The van der Waals surface area contributed by atoms with Crippen molar-refractivity contribution in [3.63, 3.8) is 0 Å². The van der Waals surface area contributed by atoms with Crippen LogP contribution in [0.2, 0.25) is 0 Å². The summed E-state index contributed by atoms with van der Waals surface area (Å²) in [6.45, 7) is 2.03. The fraction of sp³-hybridized carbons (Fsp3) is 0.364. The molecule has 0 saturated carbocycles. The second kappa shape index (κ2) is 3.81. The molecule has 0 fully saturated rings. The Hall–Kier alpha value is -1.71. The number of rotatable bonds is 3. The molecule has 1 atom stereocenters. The molecular weight excluding hydrogens is 196 g/mol. The Balaban J connectivity index is 2.48. The standard InChI is InChI=1S/C11H12O4/c1-7(5-12)8-3-10-11(15-6-14-10)4-9(8)13-2/h3-5,7H,6H2,1-2H3. The molecule has 0 N–H and O–H groups in total. The minimum Gasteiger partial charge on any atom is -0.496 e. The van der Waals surface area contributed by atoms with Crippen molar-refractivity contribution in [2.24, 2.45) is 0 Å². The maximum absolute atomic E-state index is 10.7. The van der Waals surface area contributed by atoms with Gasteiger partial charge in [0.2, 0.25) is 6.79 Å². The molecule has 1 aromatic carbocycles. The highest BCUT2D eigenvalue weighted by molar-refractivity contribution is 5.66. The Labute approximate surface area is 87.8 Å². The van der Waals surface area contributed by atoms with Crippen LogP contribution in [0.5, 0.6) is 17.2 Å². The minimum absolute atomic E-state index is 0.213. The highest BCUT2D eigenvalue weighted by atomic mass is 16.7. The number of ether oxygens (including phenoxy) is 3. The third-order valence-corrected chi connectivity index (χ3v) is 2.42. The lowest BCUT2D eigenvalue weighted by Gasteiger charge is -2.11. The van der Waals surface area contributed by atoms with Crippen molar-refractivity contribution < 1.29 is 19.0 Å². The number of aldehydes is 1. The maximum Gasteiger partial charge on any atom is 0.231 e. The molecule has 0 aliphatic carbocycles. The van der Waals surface area contributed by atoms with Crippen LogP contribution < -0.4 is 14.2 Å². The molecule has 1 aliphatic rings. The molecule has 1 aliphatic heterocycles. The first-order valence-electron chi connectivity index (χ1n) is 4.69. The van der Waals surface area contributed by atoms with Crippen LogP contribution in [0.15, 0.2) is 12.1 Å². The lowest BCUT2D eigenvalue weighted by molar-refractivity contribution is -0.108. The highest BCUT2D eigenvalue weighted by Crippen LogP contribution is 2.40. The van der Waals surface area contributed by atoms with Crippen LogP contribution in [0.4, 0.5) is 0 Å². The summed E-state index contributed by atoms with van der Waals surface area (Å²) in [7, 11) is 1.57. The molecule has 80 valence electrons. The van der Waals surface area contributed by atoms with Gasteiger partial charge in [-0.1, -0.05) is 6.92 Å². The van der Waals surface area contributed by atoms with Crippen molar-refractivity contribution in [1.82, 2.24) is 0 Å². The SMILES string of the molecule is COc1cc2c(cc1C(C)C=O)OCO2. The predicted molar refractivity (Wildman–Crippen MR) is 53.6 cm³/mol. The van der Waals surface area contributed by atoms with Crippen LogP contribution in [0.25, 0.3) is 0 Å². The average Bonchev–Trinajstić information content (AvgIpc) is 2.73. The van der Waals surface area contributed by atoms with Crippen molar-refractivity contribution in [2.45, 2.75) is 12.8 Å². The Bertz CT molecular complexity index is 386. The summed E-state index contributed by atoms with van der Waals surface area (Å²) in [5.74, 6) is 1.77. The molecular formula is C11H12O4. The number of methoxy groups -OCH3 is 1. The second-order valence-electron chi connectivity index (χ2n) is 3.37. The van der Waals surface area contributed by atoms with Crippen molar-refractivity contribution in [3.8, 4) is 17.2 Å². The number of hydrogen-bond donors (Lipinski definition) is 0. The van der Waals surface area contributed by atoms with Crippen molar-refractivity contribution >= 4 is 6.29 Å². The number of hydrogen-bond acceptors (Lipinski definition) is 4. The van der Waals surface area contributed by atoms with E-state index in [1.165, 1.54) is 0 Å². The molecule has 0 saturated heterocycles. The lowest BCUT2D eigenvalue weighted by Crippen LogP contribution is -1.98. The fourth-order valence-corrected chi connectivity index (χ4v) is 1.54. The van der Waals surface area contributed by atoms with Gasteiger partial charge in [-0.15, -0.1) is 0 Å².